The molecule has 0 fully saturated rings. The summed E-state index contributed by atoms with van der Waals surface area (Å²) >= 11 is 4.61. The zero-order valence-electron chi connectivity index (χ0n) is 11.5. The van der Waals surface area contributed by atoms with Gasteiger partial charge in [0.15, 0.2) is 4.88 Å². The van der Waals surface area contributed by atoms with Gasteiger partial charge in [-0.3, -0.25) is 0 Å². The van der Waals surface area contributed by atoms with Crippen LogP contribution in [0.25, 0.3) is 0 Å². The molecular formula is C15H15BrO4S. The Balaban J connectivity index is 1.87. The van der Waals surface area contributed by atoms with Gasteiger partial charge in [-0.1, -0.05) is 22.9 Å². The highest BCUT2D eigenvalue weighted by molar-refractivity contribution is 9.10. The lowest BCUT2D eigenvalue weighted by Gasteiger charge is -2.08. The second-order valence-electron chi connectivity index (χ2n) is 4.22. The van der Waals surface area contributed by atoms with E-state index in [2.05, 4.69) is 15.9 Å². The minimum Gasteiger partial charge on any atom is -0.490 e. The smallest absolute Gasteiger partial charge is 0.349 e. The molecular weight excluding hydrogens is 356 g/mol. The molecule has 0 aliphatic carbocycles. The molecule has 0 spiro atoms. The molecule has 0 atom stereocenters. The largest absolute Gasteiger partial charge is 0.490 e. The minimum absolute atomic E-state index is 0.246. The second-order valence-corrected chi connectivity index (χ2v) is 6.27. The van der Waals surface area contributed by atoms with E-state index in [4.69, 9.17) is 14.6 Å². The van der Waals surface area contributed by atoms with Crippen molar-refractivity contribution in [3.63, 3.8) is 0 Å². The number of thiophene rings is 1. The molecule has 1 heterocycles. The van der Waals surface area contributed by atoms with Gasteiger partial charge in [-0.2, -0.15) is 0 Å². The van der Waals surface area contributed by atoms with E-state index in [0.717, 1.165) is 21.5 Å². The maximum Gasteiger partial charge on any atom is 0.349 e. The van der Waals surface area contributed by atoms with Gasteiger partial charge in [-0.05, 0) is 36.8 Å². The van der Waals surface area contributed by atoms with Crippen LogP contribution in [0.3, 0.4) is 0 Å². The monoisotopic (exact) mass is 370 g/mol. The highest BCUT2D eigenvalue weighted by Gasteiger charge is 2.16. The second kappa shape index (κ2) is 7.47. The van der Waals surface area contributed by atoms with Crippen LogP contribution in [-0.4, -0.2) is 24.3 Å². The quantitative estimate of drug-likeness (QED) is 0.740. The van der Waals surface area contributed by atoms with Gasteiger partial charge in [0.2, 0.25) is 0 Å². The van der Waals surface area contributed by atoms with Crippen LogP contribution in [-0.2, 0) is 6.42 Å². The summed E-state index contributed by atoms with van der Waals surface area (Å²) < 4.78 is 12.0. The topological polar surface area (TPSA) is 55.8 Å². The van der Waals surface area contributed by atoms with Gasteiger partial charge in [0.1, 0.15) is 24.7 Å². The highest BCUT2D eigenvalue weighted by atomic mass is 79.9. The number of carboxylic acid groups (broad SMARTS) is 1. The maximum atomic E-state index is 11.1. The van der Waals surface area contributed by atoms with E-state index in [0.29, 0.717) is 19.0 Å². The van der Waals surface area contributed by atoms with Crippen molar-refractivity contribution in [2.24, 2.45) is 0 Å². The van der Waals surface area contributed by atoms with Gasteiger partial charge in [-0.25, -0.2) is 4.79 Å². The molecule has 21 heavy (non-hydrogen) atoms. The molecule has 1 N–H and O–H groups in total. The lowest BCUT2D eigenvalue weighted by molar-refractivity contribution is 0.0697. The van der Waals surface area contributed by atoms with Crippen LogP contribution >= 0.6 is 27.3 Å². The van der Waals surface area contributed by atoms with Gasteiger partial charge in [0, 0.05) is 9.35 Å². The van der Waals surface area contributed by atoms with Gasteiger partial charge in [-0.15, -0.1) is 11.3 Å². The third kappa shape index (κ3) is 4.47. The maximum absolute atomic E-state index is 11.1. The van der Waals surface area contributed by atoms with E-state index in [1.807, 2.05) is 31.2 Å². The zero-order chi connectivity index (χ0) is 15.2. The number of hydrogen-bond donors (Lipinski definition) is 1. The summed E-state index contributed by atoms with van der Waals surface area (Å²) in [7, 11) is 0. The van der Waals surface area contributed by atoms with Crippen molar-refractivity contribution < 1.29 is 19.4 Å². The van der Waals surface area contributed by atoms with Gasteiger partial charge >= 0.3 is 5.97 Å². The van der Waals surface area contributed by atoms with Crippen LogP contribution < -0.4 is 9.47 Å². The SMILES string of the molecule is CCc1cc(OCCOc2ccc(Br)cc2)c(C(=O)O)s1. The minimum atomic E-state index is -0.955. The molecule has 0 saturated carbocycles. The third-order valence-corrected chi connectivity index (χ3v) is 4.49. The van der Waals surface area contributed by atoms with E-state index in [-0.39, 0.29) is 4.88 Å². The molecule has 112 valence electrons. The van der Waals surface area contributed by atoms with Crippen molar-refractivity contribution in [2.45, 2.75) is 13.3 Å². The first-order valence-corrected chi connectivity index (χ1v) is 8.08. The Morgan fingerprint density at radius 1 is 1.24 bits per heavy atom. The Kier molecular flexibility index (Phi) is 5.64. The predicted molar refractivity (Wildman–Crippen MR) is 85.8 cm³/mol. The number of ether oxygens (including phenoxy) is 2. The first kappa shape index (κ1) is 15.9. The highest BCUT2D eigenvalue weighted by Crippen LogP contribution is 2.29. The van der Waals surface area contributed by atoms with E-state index in [1.165, 1.54) is 11.3 Å². The van der Waals surface area contributed by atoms with Crippen molar-refractivity contribution in [2.75, 3.05) is 13.2 Å². The molecule has 0 unspecified atom stereocenters. The summed E-state index contributed by atoms with van der Waals surface area (Å²) in [5.41, 5.74) is 0. The van der Waals surface area contributed by atoms with Crippen LogP contribution in [0, 0.1) is 0 Å². The molecule has 0 aliphatic rings. The average molecular weight is 371 g/mol. The fraction of sp³-hybridized carbons (Fsp3) is 0.267. The van der Waals surface area contributed by atoms with Crippen LogP contribution in [0.1, 0.15) is 21.5 Å². The Hall–Kier alpha value is -1.53. The molecule has 0 aliphatic heterocycles. The van der Waals surface area contributed by atoms with Gasteiger partial charge in [0.05, 0.1) is 0 Å². The number of carboxylic acids is 1. The number of rotatable bonds is 7. The number of halogens is 1. The summed E-state index contributed by atoms with van der Waals surface area (Å²) in [5, 5.41) is 9.13. The van der Waals surface area contributed by atoms with Crippen LogP contribution in [0.5, 0.6) is 11.5 Å². The first-order valence-electron chi connectivity index (χ1n) is 6.47. The molecule has 0 amide bonds. The Morgan fingerprint density at radius 2 is 1.90 bits per heavy atom. The molecule has 4 nitrogen and oxygen atoms in total. The number of aromatic carboxylic acids is 1. The standard InChI is InChI=1S/C15H15BrO4S/c1-2-12-9-13(14(21-12)15(17)18)20-8-7-19-11-5-3-10(16)4-6-11/h3-6,9H,2,7-8H2,1H3,(H,17,18). The Bertz CT molecular complexity index is 607. The summed E-state index contributed by atoms with van der Waals surface area (Å²) in [6.45, 7) is 2.64. The van der Waals surface area contributed by atoms with Gasteiger partial charge in [0.25, 0.3) is 0 Å². The molecule has 0 bridgehead atoms. The van der Waals surface area contributed by atoms with Crippen molar-refractivity contribution in [3.05, 3.63) is 44.6 Å². The van der Waals surface area contributed by atoms with Crippen molar-refractivity contribution in [3.8, 4) is 11.5 Å². The lowest BCUT2D eigenvalue weighted by atomic mass is 10.3. The summed E-state index contributed by atoms with van der Waals surface area (Å²) in [4.78, 5) is 12.4. The fourth-order valence-electron chi connectivity index (χ4n) is 1.70. The number of hydrogen-bond acceptors (Lipinski definition) is 4. The van der Waals surface area contributed by atoms with Crippen molar-refractivity contribution in [1.82, 2.24) is 0 Å². The molecule has 1 aromatic heterocycles. The molecule has 6 heteroatoms. The fourth-order valence-corrected chi connectivity index (χ4v) is 2.84. The van der Waals surface area contributed by atoms with E-state index < -0.39 is 5.97 Å². The first-order chi connectivity index (χ1) is 10.1. The number of aryl methyl sites for hydroxylation is 1. The van der Waals surface area contributed by atoms with Crippen LogP contribution in [0.4, 0.5) is 0 Å². The molecule has 2 aromatic rings. The molecule has 1 aromatic carbocycles. The average Bonchev–Trinajstić information content (AvgIpc) is 2.89. The van der Waals surface area contributed by atoms with Crippen LogP contribution in [0.15, 0.2) is 34.8 Å². The Labute approximate surface area is 135 Å². The van der Waals surface area contributed by atoms with Gasteiger partial charge < -0.3 is 14.6 Å². The summed E-state index contributed by atoms with van der Waals surface area (Å²) in [5.74, 6) is 0.215. The molecule has 2 rings (SSSR count). The molecule has 0 radical (unpaired) electrons. The van der Waals surface area contributed by atoms with E-state index >= 15 is 0 Å². The van der Waals surface area contributed by atoms with E-state index in [9.17, 15) is 4.79 Å². The van der Waals surface area contributed by atoms with Crippen molar-refractivity contribution >= 4 is 33.2 Å². The zero-order valence-corrected chi connectivity index (χ0v) is 13.9. The summed E-state index contributed by atoms with van der Waals surface area (Å²) in [6.07, 6.45) is 0.795. The third-order valence-electron chi connectivity index (χ3n) is 2.71. The Morgan fingerprint density at radius 3 is 2.52 bits per heavy atom. The summed E-state index contributed by atoms with van der Waals surface area (Å²) in [6, 6.07) is 9.28. The van der Waals surface area contributed by atoms with E-state index in [1.54, 1.807) is 6.07 Å². The lowest BCUT2D eigenvalue weighted by Crippen LogP contribution is -2.10. The van der Waals surface area contributed by atoms with Crippen molar-refractivity contribution in [1.29, 1.82) is 0 Å². The predicted octanol–water partition coefficient (Wildman–Crippen LogP) is 4.23. The van der Waals surface area contributed by atoms with Crippen LogP contribution in [0.2, 0.25) is 0 Å². The number of benzene rings is 1. The number of carbonyl (C=O) groups is 1. The normalized spacial score (nSPS) is 10.4. The molecule has 0 saturated heterocycles.